The van der Waals surface area contributed by atoms with Crippen LogP contribution in [-0.4, -0.2) is 16.7 Å². The minimum Gasteiger partial charge on any atom is -0.343 e. The van der Waals surface area contributed by atoms with Crippen molar-refractivity contribution in [2.75, 3.05) is 0 Å². The fourth-order valence-electron chi connectivity index (χ4n) is 1.03. The van der Waals surface area contributed by atoms with Crippen LogP contribution >= 0.6 is 0 Å². The van der Waals surface area contributed by atoms with Crippen LogP contribution in [0.1, 0.15) is 25.5 Å². The second kappa shape index (κ2) is 4.50. The van der Waals surface area contributed by atoms with Crippen molar-refractivity contribution < 1.29 is 9.59 Å². The molecule has 0 aromatic carbocycles. The number of hydrogen-bond donors (Lipinski definition) is 1. The van der Waals surface area contributed by atoms with E-state index in [1.807, 2.05) is 6.92 Å². The molecular weight excluding hydrogens is 180 g/mol. The SMILES string of the molecule is CC(=O)C(=O)N[C@H](C)c1ccncc1. The minimum absolute atomic E-state index is 0.172. The van der Waals surface area contributed by atoms with Crippen LogP contribution in [0.4, 0.5) is 0 Å². The van der Waals surface area contributed by atoms with Gasteiger partial charge >= 0.3 is 0 Å². The van der Waals surface area contributed by atoms with Crippen molar-refractivity contribution in [1.82, 2.24) is 10.3 Å². The maximum atomic E-state index is 11.1. The molecule has 0 bridgehead atoms. The van der Waals surface area contributed by atoms with Gasteiger partial charge in [0.1, 0.15) is 0 Å². The summed E-state index contributed by atoms with van der Waals surface area (Å²) in [6, 6.07) is 3.42. The predicted molar refractivity (Wildman–Crippen MR) is 51.5 cm³/mol. The Balaban J connectivity index is 2.64. The van der Waals surface area contributed by atoms with Gasteiger partial charge in [0.15, 0.2) is 0 Å². The van der Waals surface area contributed by atoms with E-state index in [-0.39, 0.29) is 6.04 Å². The van der Waals surface area contributed by atoms with Crippen molar-refractivity contribution in [3.8, 4) is 0 Å². The van der Waals surface area contributed by atoms with E-state index >= 15 is 0 Å². The van der Waals surface area contributed by atoms with Crippen LogP contribution in [0.5, 0.6) is 0 Å². The van der Waals surface area contributed by atoms with Gasteiger partial charge in [-0.3, -0.25) is 14.6 Å². The number of ketones is 1. The molecule has 1 amide bonds. The van der Waals surface area contributed by atoms with Crippen molar-refractivity contribution in [3.63, 3.8) is 0 Å². The van der Waals surface area contributed by atoms with Crippen LogP contribution in [0.2, 0.25) is 0 Å². The van der Waals surface area contributed by atoms with Crippen molar-refractivity contribution in [2.24, 2.45) is 0 Å². The number of rotatable bonds is 3. The zero-order valence-electron chi connectivity index (χ0n) is 8.15. The lowest BCUT2D eigenvalue weighted by molar-refractivity contribution is -0.137. The van der Waals surface area contributed by atoms with E-state index in [4.69, 9.17) is 0 Å². The van der Waals surface area contributed by atoms with Crippen LogP contribution < -0.4 is 5.32 Å². The van der Waals surface area contributed by atoms with Gasteiger partial charge in [0.2, 0.25) is 5.78 Å². The Hall–Kier alpha value is -1.71. The summed E-state index contributed by atoms with van der Waals surface area (Å²) >= 11 is 0. The summed E-state index contributed by atoms with van der Waals surface area (Å²) in [6.07, 6.45) is 3.29. The molecule has 74 valence electrons. The van der Waals surface area contributed by atoms with Crippen LogP contribution in [0, 0.1) is 0 Å². The average molecular weight is 192 g/mol. The zero-order chi connectivity index (χ0) is 10.6. The minimum atomic E-state index is -0.561. The maximum absolute atomic E-state index is 11.1. The van der Waals surface area contributed by atoms with Crippen LogP contribution in [-0.2, 0) is 9.59 Å². The van der Waals surface area contributed by atoms with E-state index in [0.717, 1.165) is 5.56 Å². The highest BCUT2D eigenvalue weighted by Crippen LogP contribution is 2.09. The number of carbonyl (C=O) groups is 2. The van der Waals surface area contributed by atoms with Gasteiger partial charge in [-0.2, -0.15) is 0 Å². The second-order valence-corrected chi connectivity index (χ2v) is 3.03. The Morgan fingerprint density at radius 1 is 1.36 bits per heavy atom. The van der Waals surface area contributed by atoms with Crippen molar-refractivity contribution in [2.45, 2.75) is 19.9 Å². The van der Waals surface area contributed by atoms with Gasteiger partial charge < -0.3 is 5.32 Å². The molecule has 1 heterocycles. The summed E-state index contributed by atoms with van der Waals surface area (Å²) in [7, 11) is 0. The molecule has 4 nitrogen and oxygen atoms in total. The number of nitrogens with zero attached hydrogens (tertiary/aromatic N) is 1. The first-order valence-corrected chi connectivity index (χ1v) is 4.32. The van der Waals surface area contributed by atoms with E-state index in [1.165, 1.54) is 6.92 Å². The van der Waals surface area contributed by atoms with Gasteiger partial charge in [0.05, 0.1) is 6.04 Å². The van der Waals surface area contributed by atoms with E-state index < -0.39 is 11.7 Å². The van der Waals surface area contributed by atoms with E-state index in [2.05, 4.69) is 10.3 Å². The van der Waals surface area contributed by atoms with Gasteiger partial charge in [-0.25, -0.2) is 0 Å². The van der Waals surface area contributed by atoms with Gasteiger partial charge in [0.25, 0.3) is 5.91 Å². The molecular formula is C10H12N2O2. The molecule has 0 saturated carbocycles. The Kier molecular flexibility index (Phi) is 3.34. The second-order valence-electron chi connectivity index (χ2n) is 3.03. The molecule has 0 aliphatic rings. The molecule has 1 aromatic rings. The Bertz CT molecular complexity index is 335. The van der Waals surface area contributed by atoms with Crippen LogP contribution in [0.25, 0.3) is 0 Å². The highest BCUT2D eigenvalue weighted by atomic mass is 16.2. The largest absolute Gasteiger partial charge is 0.343 e. The molecule has 0 unspecified atom stereocenters. The van der Waals surface area contributed by atoms with Crippen molar-refractivity contribution in [3.05, 3.63) is 30.1 Å². The first kappa shape index (κ1) is 10.4. The third-order valence-electron chi connectivity index (χ3n) is 1.87. The molecule has 1 atom stereocenters. The Morgan fingerprint density at radius 2 is 1.93 bits per heavy atom. The highest BCUT2D eigenvalue weighted by molar-refractivity contribution is 6.35. The fourth-order valence-corrected chi connectivity index (χ4v) is 1.03. The summed E-state index contributed by atoms with van der Waals surface area (Å²) in [5.41, 5.74) is 0.926. The smallest absolute Gasteiger partial charge is 0.287 e. The molecule has 0 radical (unpaired) electrons. The Labute approximate surface area is 82.3 Å². The quantitative estimate of drug-likeness (QED) is 0.722. The molecule has 1 N–H and O–H groups in total. The molecule has 1 rings (SSSR count). The third kappa shape index (κ3) is 2.65. The molecule has 1 aromatic heterocycles. The summed E-state index contributed by atoms with van der Waals surface area (Å²) in [5, 5.41) is 2.58. The van der Waals surface area contributed by atoms with Gasteiger partial charge in [0, 0.05) is 19.3 Å². The molecule has 4 heteroatoms. The highest BCUT2D eigenvalue weighted by Gasteiger charge is 2.12. The third-order valence-corrected chi connectivity index (χ3v) is 1.87. The van der Waals surface area contributed by atoms with E-state index in [1.54, 1.807) is 24.5 Å². The maximum Gasteiger partial charge on any atom is 0.287 e. The molecule has 0 saturated heterocycles. The molecule has 0 aliphatic heterocycles. The first-order chi connectivity index (χ1) is 6.61. The molecule has 0 spiro atoms. The number of hydrogen-bond acceptors (Lipinski definition) is 3. The lowest BCUT2D eigenvalue weighted by Crippen LogP contribution is -2.31. The lowest BCUT2D eigenvalue weighted by Gasteiger charge is -2.12. The molecule has 0 fully saturated rings. The molecule has 0 aliphatic carbocycles. The fraction of sp³-hybridized carbons (Fsp3) is 0.300. The first-order valence-electron chi connectivity index (χ1n) is 4.32. The Morgan fingerprint density at radius 3 is 2.43 bits per heavy atom. The monoisotopic (exact) mass is 192 g/mol. The number of nitrogens with one attached hydrogen (secondary N) is 1. The van der Waals surface area contributed by atoms with Crippen molar-refractivity contribution in [1.29, 1.82) is 0 Å². The number of Topliss-reactive ketones (excluding diaryl/α,β-unsaturated/α-hetero) is 1. The van der Waals surface area contributed by atoms with E-state index in [0.29, 0.717) is 0 Å². The van der Waals surface area contributed by atoms with Crippen LogP contribution in [0.3, 0.4) is 0 Å². The summed E-state index contributed by atoms with van der Waals surface area (Å²) in [4.78, 5) is 25.6. The number of pyridine rings is 1. The van der Waals surface area contributed by atoms with E-state index in [9.17, 15) is 9.59 Å². The zero-order valence-corrected chi connectivity index (χ0v) is 8.15. The summed E-state index contributed by atoms with van der Waals surface area (Å²) < 4.78 is 0. The normalized spacial score (nSPS) is 11.9. The lowest BCUT2D eigenvalue weighted by atomic mass is 10.1. The predicted octanol–water partition coefficient (Wildman–Crippen LogP) is 0.848. The van der Waals surface area contributed by atoms with Crippen LogP contribution in [0.15, 0.2) is 24.5 Å². The summed E-state index contributed by atoms with van der Waals surface area (Å²) in [5.74, 6) is -1.04. The van der Waals surface area contributed by atoms with Gasteiger partial charge in [-0.15, -0.1) is 0 Å². The summed E-state index contributed by atoms with van der Waals surface area (Å²) in [6.45, 7) is 3.06. The van der Waals surface area contributed by atoms with Gasteiger partial charge in [-0.1, -0.05) is 0 Å². The topological polar surface area (TPSA) is 59.1 Å². The number of amides is 1. The standard InChI is InChI=1S/C10H12N2O2/c1-7(12-10(14)8(2)13)9-3-5-11-6-4-9/h3-7H,1-2H3,(H,12,14)/t7-/m1/s1. The van der Waals surface area contributed by atoms with Gasteiger partial charge in [-0.05, 0) is 24.6 Å². The van der Waals surface area contributed by atoms with Crippen molar-refractivity contribution >= 4 is 11.7 Å². The molecule has 14 heavy (non-hydrogen) atoms. The number of carbonyl (C=O) groups excluding carboxylic acids is 2. The average Bonchev–Trinajstić information content (AvgIpc) is 2.19. The number of aromatic nitrogens is 1.